The Hall–Kier alpha value is -1.52. The monoisotopic (exact) mass is 265 g/mol. The number of phenolic OH excluding ortho intramolecular Hbond substituents is 1. The van der Waals surface area contributed by atoms with Gasteiger partial charge in [-0.15, -0.1) is 0 Å². The topological polar surface area (TPSA) is 60.9 Å². The molecule has 0 radical (unpaired) electrons. The van der Waals surface area contributed by atoms with Gasteiger partial charge in [0, 0.05) is 30.9 Å². The number of benzene rings is 1. The van der Waals surface area contributed by atoms with Gasteiger partial charge in [0.25, 0.3) is 0 Å². The first-order valence-corrected chi connectivity index (χ1v) is 6.30. The third-order valence-electron chi connectivity index (χ3n) is 2.71. The van der Waals surface area contributed by atoms with Crippen LogP contribution in [0, 0.1) is 0 Å². The number of imidazole rings is 1. The first-order chi connectivity index (χ1) is 8.77. The molecule has 1 aromatic carbocycles. The van der Waals surface area contributed by atoms with Crippen molar-refractivity contribution in [1.29, 1.82) is 0 Å². The largest absolute Gasteiger partial charge is 0.506 e. The Labute approximate surface area is 111 Å². The molecule has 1 heterocycles. The van der Waals surface area contributed by atoms with Crippen LogP contribution in [-0.2, 0) is 13.0 Å². The van der Waals surface area contributed by atoms with Crippen LogP contribution in [0.2, 0.25) is 5.02 Å². The Morgan fingerprint density at radius 1 is 1.39 bits per heavy atom. The van der Waals surface area contributed by atoms with Crippen molar-refractivity contribution in [1.82, 2.24) is 15.3 Å². The Balaban J connectivity index is 1.70. The minimum Gasteiger partial charge on any atom is -0.506 e. The van der Waals surface area contributed by atoms with Crippen molar-refractivity contribution >= 4 is 11.6 Å². The van der Waals surface area contributed by atoms with Crippen LogP contribution in [0.4, 0.5) is 0 Å². The quantitative estimate of drug-likeness (QED) is 0.704. The third kappa shape index (κ3) is 3.48. The van der Waals surface area contributed by atoms with Gasteiger partial charge in [-0.1, -0.05) is 23.7 Å². The summed E-state index contributed by atoms with van der Waals surface area (Å²) in [6, 6.07) is 5.37. The predicted molar refractivity (Wildman–Crippen MR) is 71.7 cm³/mol. The number of nitrogens with zero attached hydrogens (tertiary/aromatic N) is 1. The number of halogens is 1. The highest BCUT2D eigenvalue weighted by Crippen LogP contribution is 2.26. The van der Waals surface area contributed by atoms with Gasteiger partial charge in [0.1, 0.15) is 11.6 Å². The molecular formula is C13H16ClN3O. The summed E-state index contributed by atoms with van der Waals surface area (Å²) in [5.41, 5.74) is 0.820. The molecule has 1 aromatic heterocycles. The number of aromatic nitrogens is 2. The van der Waals surface area contributed by atoms with E-state index < -0.39 is 0 Å². The molecule has 4 nitrogen and oxygen atoms in total. The smallest absolute Gasteiger partial charge is 0.138 e. The summed E-state index contributed by atoms with van der Waals surface area (Å²) in [6.45, 7) is 1.48. The van der Waals surface area contributed by atoms with Crippen molar-refractivity contribution < 1.29 is 5.11 Å². The van der Waals surface area contributed by atoms with Crippen molar-refractivity contribution in [3.8, 4) is 5.75 Å². The van der Waals surface area contributed by atoms with Gasteiger partial charge in [-0.3, -0.25) is 0 Å². The van der Waals surface area contributed by atoms with Crippen molar-refractivity contribution in [2.75, 3.05) is 6.54 Å². The van der Waals surface area contributed by atoms with Gasteiger partial charge in [0.2, 0.25) is 0 Å². The molecule has 3 N–H and O–H groups in total. The zero-order valence-electron chi connectivity index (χ0n) is 9.99. The Kier molecular flexibility index (Phi) is 4.61. The van der Waals surface area contributed by atoms with Crippen molar-refractivity contribution in [3.63, 3.8) is 0 Å². The minimum absolute atomic E-state index is 0.165. The molecule has 0 aliphatic heterocycles. The fourth-order valence-corrected chi connectivity index (χ4v) is 1.94. The predicted octanol–water partition coefficient (Wildman–Crippen LogP) is 2.49. The van der Waals surface area contributed by atoms with Gasteiger partial charge in [-0.2, -0.15) is 0 Å². The SMILES string of the molecule is Oc1c(Cl)cccc1CNCCCc1ncc[nH]1. The number of H-pyrrole nitrogens is 1. The highest BCUT2D eigenvalue weighted by atomic mass is 35.5. The molecule has 18 heavy (non-hydrogen) atoms. The Bertz CT molecular complexity index is 485. The van der Waals surface area contributed by atoms with Crippen LogP contribution in [0.3, 0.4) is 0 Å². The van der Waals surface area contributed by atoms with E-state index in [1.165, 1.54) is 0 Å². The van der Waals surface area contributed by atoms with E-state index in [1.807, 2.05) is 18.3 Å². The average molecular weight is 266 g/mol. The lowest BCUT2D eigenvalue weighted by molar-refractivity contribution is 0.464. The molecule has 96 valence electrons. The maximum atomic E-state index is 9.72. The molecule has 0 bridgehead atoms. The van der Waals surface area contributed by atoms with Crippen LogP contribution in [0.25, 0.3) is 0 Å². The van der Waals surface area contributed by atoms with Crippen LogP contribution in [-0.4, -0.2) is 21.6 Å². The Morgan fingerprint density at radius 2 is 2.28 bits per heavy atom. The van der Waals surface area contributed by atoms with E-state index in [9.17, 15) is 5.11 Å². The van der Waals surface area contributed by atoms with Crippen molar-refractivity contribution in [3.05, 3.63) is 47.0 Å². The molecular weight excluding hydrogens is 250 g/mol. The normalized spacial score (nSPS) is 10.7. The second-order valence-electron chi connectivity index (χ2n) is 4.06. The second kappa shape index (κ2) is 6.42. The molecule has 0 saturated heterocycles. The molecule has 0 atom stereocenters. The van der Waals surface area contributed by atoms with Gasteiger partial charge in [-0.25, -0.2) is 4.98 Å². The fraction of sp³-hybridized carbons (Fsp3) is 0.308. The molecule has 0 saturated carbocycles. The summed E-state index contributed by atoms with van der Waals surface area (Å²) >= 11 is 5.83. The van der Waals surface area contributed by atoms with Gasteiger partial charge in [0.05, 0.1) is 5.02 Å². The zero-order valence-corrected chi connectivity index (χ0v) is 10.7. The maximum absolute atomic E-state index is 9.72. The summed E-state index contributed by atoms with van der Waals surface area (Å²) in [5.74, 6) is 1.17. The Morgan fingerprint density at radius 3 is 3.06 bits per heavy atom. The molecule has 0 fully saturated rings. The highest BCUT2D eigenvalue weighted by molar-refractivity contribution is 6.32. The number of hydrogen-bond acceptors (Lipinski definition) is 3. The van der Waals surface area contributed by atoms with Gasteiger partial charge in [0.15, 0.2) is 0 Å². The van der Waals surface area contributed by atoms with E-state index in [2.05, 4.69) is 15.3 Å². The van der Waals surface area contributed by atoms with Crippen molar-refractivity contribution in [2.24, 2.45) is 0 Å². The minimum atomic E-state index is 0.165. The number of phenols is 1. The number of nitrogens with one attached hydrogen (secondary N) is 2. The van der Waals surface area contributed by atoms with E-state index in [1.54, 1.807) is 12.3 Å². The van der Waals surface area contributed by atoms with Gasteiger partial charge >= 0.3 is 0 Å². The van der Waals surface area contributed by atoms with E-state index in [4.69, 9.17) is 11.6 Å². The molecule has 0 aliphatic rings. The summed E-state index contributed by atoms with van der Waals surface area (Å²) in [7, 11) is 0. The number of aryl methyl sites for hydroxylation is 1. The standard InChI is InChI=1S/C13H16ClN3O/c14-11-4-1-3-10(13(11)18)9-15-6-2-5-12-16-7-8-17-12/h1,3-4,7-8,15,18H,2,5-6,9H2,(H,16,17). The molecule has 2 aromatic rings. The number of rotatable bonds is 6. The van der Waals surface area contributed by atoms with E-state index in [0.29, 0.717) is 11.6 Å². The first-order valence-electron chi connectivity index (χ1n) is 5.92. The van der Waals surface area contributed by atoms with Crippen LogP contribution in [0.5, 0.6) is 5.75 Å². The van der Waals surface area contributed by atoms with E-state index >= 15 is 0 Å². The van der Waals surface area contributed by atoms with Crippen LogP contribution in [0.15, 0.2) is 30.6 Å². The molecule has 0 spiro atoms. The molecule has 0 amide bonds. The van der Waals surface area contributed by atoms with E-state index in [-0.39, 0.29) is 5.75 Å². The number of aromatic hydroxyl groups is 1. The van der Waals surface area contributed by atoms with Crippen molar-refractivity contribution in [2.45, 2.75) is 19.4 Å². The van der Waals surface area contributed by atoms with Crippen LogP contribution >= 0.6 is 11.6 Å². The summed E-state index contributed by atoms with van der Waals surface area (Å²) < 4.78 is 0. The maximum Gasteiger partial charge on any atom is 0.138 e. The number of para-hydroxylation sites is 1. The lowest BCUT2D eigenvalue weighted by Gasteiger charge is -2.07. The third-order valence-corrected chi connectivity index (χ3v) is 3.01. The number of aromatic amines is 1. The molecule has 0 unspecified atom stereocenters. The summed E-state index contributed by atoms with van der Waals surface area (Å²) in [6.07, 6.45) is 5.50. The lowest BCUT2D eigenvalue weighted by Crippen LogP contribution is -2.15. The number of hydrogen-bond donors (Lipinski definition) is 3. The first kappa shape index (κ1) is 12.9. The molecule has 2 rings (SSSR count). The fourth-order valence-electron chi connectivity index (χ4n) is 1.74. The molecule has 5 heteroatoms. The van der Waals surface area contributed by atoms with Gasteiger partial charge < -0.3 is 15.4 Å². The summed E-state index contributed by atoms with van der Waals surface area (Å²) in [4.78, 5) is 7.22. The second-order valence-corrected chi connectivity index (χ2v) is 4.47. The van der Waals surface area contributed by atoms with Gasteiger partial charge in [-0.05, 0) is 19.0 Å². The summed E-state index contributed by atoms with van der Waals surface area (Å²) in [5, 5.41) is 13.4. The van der Waals surface area contributed by atoms with E-state index in [0.717, 1.165) is 30.8 Å². The molecule has 0 aliphatic carbocycles. The lowest BCUT2D eigenvalue weighted by atomic mass is 10.2. The highest BCUT2D eigenvalue weighted by Gasteiger charge is 2.04. The zero-order chi connectivity index (χ0) is 12.8. The van der Waals surface area contributed by atoms with Crippen LogP contribution < -0.4 is 5.32 Å². The van der Waals surface area contributed by atoms with Crippen LogP contribution in [0.1, 0.15) is 17.8 Å². The average Bonchev–Trinajstić information content (AvgIpc) is 2.87.